The van der Waals surface area contributed by atoms with Crippen LogP contribution in [0.3, 0.4) is 0 Å². The highest BCUT2D eigenvalue weighted by molar-refractivity contribution is 5.96. The zero-order valence-electron chi connectivity index (χ0n) is 19.1. The Morgan fingerprint density at radius 2 is 1.91 bits per heavy atom. The van der Waals surface area contributed by atoms with E-state index >= 15 is 0 Å². The number of aliphatic hydroxyl groups excluding tert-OH is 1. The summed E-state index contributed by atoms with van der Waals surface area (Å²) in [5.41, 5.74) is 2.41. The van der Waals surface area contributed by atoms with Crippen LogP contribution in [0.2, 0.25) is 0 Å². The highest BCUT2D eigenvalue weighted by Crippen LogP contribution is 2.32. The van der Waals surface area contributed by atoms with E-state index in [0.717, 1.165) is 41.7 Å². The first-order chi connectivity index (χ1) is 16.0. The highest BCUT2D eigenvalue weighted by atomic mass is 16.6. The van der Waals surface area contributed by atoms with E-state index in [-0.39, 0.29) is 12.7 Å². The molecule has 1 aliphatic heterocycles. The molecule has 2 amide bonds. The van der Waals surface area contributed by atoms with Crippen molar-refractivity contribution < 1.29 is 28.9 Å². The zero-order valence-corrected chi connectivity index (χ0v) is 19.1. The smallest absolute Gasteiger partial charge is 0.417 e. The van der Waals surface area contributed by atoms with Crippen LogP contribution in [-0.2, 0) is 20.7 Å². The van der Waals surface area contributed by atoms with Gasteiger partial charge in [0.15, 0.2) is 6.10 Å². The minimum Gasteiger partial charge on any atom is -0.496 e. The quantitative estimate of drug-likeness (QED) is 0.651. The van der Waals surface area contributed by atoms with E-state index in [9.17, 15) is 14.7 Å². The Kier molecular flexibility index (Phi) is 7.30. The number of imide groups is 1. The lowest BCUT2D eigenvalue weighted by atomic mass is 9.99. The Hall–Kier alpha value is -2.90. The van der Waals surface area contributed by atoms with Crippen molar-refractivity contribution >= 4 is 12.0 Å². The van der Waals surface area contributed by atoms with Gasteiger partial charge in [0.05, 0.1) is 19.3 Å². The number of aryl methyl sites for hydroxylation is 1. The van der Waals surface area contributed by atoms with Gasteiger partial charge in [-0.3, -0.25) is 4.79 Å². The van der Waals surface area contributed by atoms with E-state index in [0.29, 0.717) is 17.7 Å². The molecule has 1 N–H and O–H groups in total. The van der Waals surface area contributed by atoms with Crippen LogP contribution in [0.4, 0.5) is 4.79 Å². The van der Waals surface area contributed by atoms with Crippen LogP contribution in [0.1, 0.15) is 48.5 Å². The number of cyclic esters (lactones) is 1. The predicted octanol–water partition coefficient (Wildman–Crippen LogP) is 3.95. The van der Waals surface area contributed by atoms with E-state index in [2.05, 4.69) is 0 Å². The van der Waals surface area contributed by atoms with Gasteiger partial charge in [-0.2, -0.15) is 0 Å². The van der Waals surface area contributed by atoms with Gasteiger partial charge >= 0.3 is 6.09 Å². The van der Waals surface area contributed by atoms with E-state index in [1.165, 1.54) is 0 Å². The monoisotopic (exact) mass is 453 g/mol. The van der Waals surface area contributed by atoms with Crippen LogP contribution in [0.15, 0.2) is 48.5 Å². The summed E-state index contributed by atoms with van der Waals surface area (Å²) in [6, 6.07) is 14.5. The summed E-state index contributed by atoms with van der Waals surface area (Å²) in [7, 11) is 1.56. The Morgan fingerprint density at radius 1 is 1.18 bits per heavy atom. The Labute approximate surface area is 194 Å². The van der Waals surface area contributed by atoms with E-state index in [1.807, 2.05) is 43.3 Å². The van der Waals surface area contributed by atoms with Crippen molar-refractivity contribution in [2.24, 2.45) is 0 Å². The number of nitrogens with zero attached hydrogens (tertiary/aromatic N) is 1. The second-order valence-electron chi connectivity index (χ2n) is 8.77. The standard InChI is InChI=1S/C26H31NO6/c1-17-12-13-19(15-22(17)31-2)23(28)24(33-21-10-6-7-11-21)25(29)27-20(16-32-26(27)30)14-18-8-4-3-5-9-18/h3-5,8-9,12-13,15,20-21,23-24,28H,6-7,10-11,14,16H2,1-2H3/t20-,23-,24-/m1/s1. The number of carbonyl (C=O) groups is 2. The fraction of sp³-hybridized carbons (Fsp3) is 0.462. The number of methoxy groups -OCH3 is 1. The van der Waals surface area contributed by atoms with Crippen molar-refractivity contribution in [2.75, 3.05) is 13.7 Å². The van der Waals surface area contributed by atoms with Crippen LogP contribution in [-0.4, -0.2) is 54.0 Å². The Morgan fingerprint density at radius 3 is 2.61 bits per heavy atom. The van der Waals surface area contributed by atoms with E-state index in [4.69, 9.17) is 14.2 Å². The molecule has 0 bridgehead atoms. The zero-order chi connectivity index (χ0) is 23.4. The van der Waals surface area contributed by atoms with Gasteiger partial charge in [-0.25, -0.2) is 9.69 Å². The molecule has 0 spiro atoms. The van der Waals surface area contributed by atoms with Crippen LogP contribution in [0, 0.1) is 6.92 Å². The van der Waals surface area contributed by atoms with Crippen molar-refractivity contribution in [1.29, 1.82) is 0 Å². The molecular formula is C26H31NO6. The molecular weight excluding hydrogens is 422 g/mol. The van der Waals surface area contributed by atoms with Gasteiger partial charge in [-0.05, 0) is 48.9 Å². The maximum atomic E-state index is 13.7. The highest BCUT2D eigenvalue weighted by Gasteiger charge is 2.44. The number of amides is 2. The van der Waals surface area contributed by atoms with Gasteiger partial charge in [-0.1, -0.05) is 55.3 Å². The van der Waals surface area contributed by atoms with Gasteiger partial charge in [0.2, 0.25) is 0 Å². The molecule has 1 heterocycles. The molecule has 4 rings (SSSR count). The maximum Gasteiger partial charge on any atom is 0.417 e. The first kappa shape index (κ1) is 23.3. The van der Waals surface area contributed by atoms with Crippen LogP contribution in [0.25, 0.3) is 0 Å². The normalized spacial score (nSPS) is 20.5. The van der Waals surface area contributed by atoms with E-state index < -0.39 is 30.3 Å². The van der Waals surface area contributed by atoms with Crippen LogP contribution < -0.4 is 4.74 Å². The first-order valence-corrected chi connectivity index (χ1v) is 11.5. The summed E-state index contributed by atoms with van der Waals surface area (Å²) in [6.45, 7) is 2.02. The SMILES string of the molecule is COc1cc([C@@H](O)[C@@H](OC2CCCC2)C(=O)N2C(=O)OC[C@H]2Cc2ccccc2)ccc1C. The lowest BCUT2D eigenvalue weighted by Gasteiger charge is -2.30. The van der Waals surface area contributed by atoms with Crippen molar-refractivity contribution in [2.45, 2.75) is 63.4 Å². The number of hydrogen-bond donors (Lipinski definition) is 1. The number of aliphatic hydroxyl groups is 1. The Bertz CT molecular complexity index is 972. The minimum atomic E-state index is -1.25. The molecule has 2 fully saturated rings. The molecule has 1 saturated carbocycles. The largest absolute Gasteiger partial charge is 0.496 e. The summed E-state index contributed by atoms with van der Waals surface area (Å²) < 4.78 is 16.8. The molecule has 7 heteroatoms. The summed E-state index contributed by atoms with van der Waals surface area (Å²) >= 11 is 0. The van der Waals surface area contributed by atoms with Crippen molar-refractivity contribution in [3.63, 3.8) is 0 Å². The fourth-order valence-corrected chi connectivity index (χ4v) is 4.60. The molecule has 2 aromatic rings. The van der Waals surface area contributed by atoms with Gasteiger partial charge in [-0.15, -0.1) is 0 Å². The molecule has 0 unspecified atom stereocenters. The molecule has 3 atom stereocenters. The molecule has 7 nitrogen and oxygen atoms in total. The third kappa shape index (κ3) is 5.20. The lowest BCUT2D eigenvalue weighted by molar-refractivity contribution is -0.155. The van der Waals surface area contributed by atoms with Crippen LogP contribution in [0.5, 0.6) is 5.75 Å². The fourth-order valence-electron chi connectivity index (χ4n) is 4.60. The summed E-state index contributed by atoms with van der Waals surface area (Å²) in [4.78, 5) is 27.4. The summed E-state index contributed by atoms with van der Waals surface area (Å²) in [6.07, 6.45) is 0.856. The molecule has 1 saturated heterocycles. The van der Waals surface area contributed by atoms with Crippen molar-refractivity contribution in [1.82, 2.24) is 4.90 Å². The van der Waals surface area contributed by atoms with Crippen molar-refractivity contribution in [3.05, 3.63) is 65.2 Å². The maximum absolute atomic E-state index is 13.7. The first-order valence-electron chi connectivity index (χ1n) is 11.5. The average Bonchev–Trinajstić information content (AvgIpc) is 3.47. The van der Waals surface area contributed by atoms with Gasteiger partial charge in [0.25, 0.3) is 5.91 Å². The second kappa shape index (κ2) is 10.4. The molecule has 1 aliphatic carbocycles. The number of rotatable bonds is 8. The van der Waals surface area contributed by atoms with Gasteiger partial charge < -0.3 is 19.3 Å². The predicted molar refractivity (Wildman–Crippen MR) is 122 cm³/mol. The summed E-state index contributed by atoms with van der Waals surface area (Å²) in [5.74, 6) is 0.0403. The molecule has 176 valence electrons. The van der Waals surface area contributed by atoms with Gasteiger partial charge in [0.1, 0.15) is 18.5 Å². The third-order valence-corrected chi connectivity index (χ3v) is 6.46. The third-order valence-electron chi connectivity index (χ3n) is 6.46. The number of hydrogen-bond acceptors (Lipinski definition) is 6. The lowest BCUT2D eigenvalue weighted by Crippen LogP contribution is -2.49. The van der Waals surface area contributed by atoms with Crippen LogP contribution >= 0.6 is 0 Å². The topological polar surface area (TPSA) is 85.3 Å². The number of carbonyl (C=O) groups excluding carboxylic acids is 2. The molecule has 0 radical (unpaired) electrons. The average molecular weight is 454 g/mol. The second-order valence-corrected chi connectivity index (χ2v) is 8.77. The molecule has 2 aromatic carbocycles. The number of ether oxygens (including phenoxy) is 3. The molecule has 2 aliphatic rings. The Balaban J connectivity index is 1.61. The number of benzene rings is 2. The molecule has 0 aromatic heterocycles. The molecule has 33 heavy (non-hydrogen) atoms. The minimum absolute atomic E-state index is 0.115. The van der Waals surface area contributed by atoms with Crippen molar-refractivity contribution in [3.8, 4) is 5.75 Å². The van der Waals surface area contributed by atoms with Gasteiger partial charge in [0, 0.05) is 0 Å². The summed E-state index contributed by atoms with van der Waals surface area (Å²) in [5, 5.41) is 11.3. The van der Waals surface area contributed by atoms with E-state index in [1.54, 1.807) is 19.2 Å².